The van der Waals surface area contributed by atoms with E-state index in [0.717, 1.165) is 0 Å². The molecule has 0 aromatic heterocycles. The number of nitrogen functional groups attached to an aromatic ring is 1. The largest absolute Gasteiger partial charge is 0.399 e. The molecule has 19 heavy (non-hydrogen) atoms. The van der Waals surface area contributed by atoms with Crippen molar-refractivity contribution in [2.24, 2.45) is 5.41 Å². The Morgan fingerprint density at radius 1 is 1.37 bits per heavy atom. The summed E-state index contributed by atoms with van der Waals surface area (Å²) in [6, 6.07) is 4.69. The number of rotatable bonds is 4. The van der Waals surface area contributed by atoms with Crippen LogP contribution in [0.2, 0.25) is 5.02 Å². The van der Waals surface area contributed by atoms with Crippen LogP contribution in [0.25, 0.3) is 0 Å². The maximum Gasteiger partial charge on any atom is 0.252 e. The van der Waals surface area contributed by atoms with Gasteiger partial charge in [0.05, 0.1) is 16.0 Å². The highest BCUT2D eigenvalue weighted by molar-refractivity contribution is 6.34. The minimum Gasteiger partial charge on any atom is -0.399 e. The molecule has 0 aliphatic carbocycles. The van der Waals surface area contributed by atoms with Gasteiger partial charge in [-0.05, 0) is 32.0 Å². The van der Waals surface area contributed by atoms with E-state index < -0.39 is 5.41 Å². The molecule has 5 nitrogen and oxygen atoms in total. The summed E-state index contributed by atoms with van der Waals surface area (Å²) in [5, 5.41) is 5.56. The lowest BCUT2D eigenvalue weighted by atomic mass is 9.92. The van der Waals surface area contributed by atoms with Crippen molar-refractivity contribution >= 4 is 29.1 Å². The van der Waals surface area contributed by atoms with Gasteiger partial charge in [0.15, 0.2) is 0 Å². The van der Waals surface area contributed by atoms with E-state index in [2.05, 4.69) is 10.6 Å². The number of hydrogen-bond donors (Lipinski definition) is 3. The minimum atomic E-state index is -0.697. The SMILES string of the molecule is CNC(=O)C(C)(C)CNC(=O)c1cc(N)ccc1Cl. The van der Waals surface area contributed by atoms with Gasteiger partial charge in [0, 0.05) is 19.3 Å². The standard InChI is InChI=1S/C13H18ClN3O2/c1-13(2,12(19)16-3)7-17-11(18)9-6-8(15)4-5-10(9)14/h4-6H,7,15H2,1-3H3,(H,16,19)(H,17,18). The quantitative estimate of drug-likeness (QED) is 0.731. The van der Waals surface area contributed by atoms with Crippen molar-refractivity contribution in [2.45, 2.75) is 13.8 Å². The first-order chi connectivity index (χ1) is 8.77. The molecule has 1 aromatic carbocycles. The molecule has 0 bridgehead atoms. The fourth-order valence-corrected chi connectivity index (χ4v) is 1.74. The lowest BCUT2D eigenvalue weighted by molar-refractivity contribution is -0.128. The maximum atomic E-state index is 12.0. The van der Waals surface area contributed by atoms with Crippen LogP contribution in [0, 0.1) is 5.41 Å². The minimum absolute atomic E-state index is 0.147. The third kappa shape index (κ3) is 3.86. The fraction of sp³-hybridized carbons (Fsp3) is 0.385. The van der Waals surface area contributed by atoms with Crippen molar-refractivity contribution in [3.05, 3.63) is 28.8 Å². The summed E-state index contributed by atoms with van der Waals surface area (Å²) in [5.74, 6) is -0.499. The fourth-order valence-electron chi connectivity index (χ4n) is 1.53. The zero-order valence-corrected chi connectivity index (χ0v) is 12.0. The zero-order chi connectivity index (χ0) is 14.6. The Morgan fingerprint density at radius 3 is 2.58 bits per heavy atom. The summed E-state index contributed by atoms with van der Waals surface area (Å²) < 4.78 is 0. The molecule has 0 unspecified atom stereocenters. The topological polar surface area (TPSA) is 84.2 Å². The first kappa shape index (κ1) is 15.3. The van der Waals surface area contributed by atoms with Gasteiger partial charge in [-0.2, -0.15) is 0 Å². The van der Waals surface area contributed by atoms with E-state index in [1.165, 1.54) is 6.07 Å². The molecule has 1 rings (SSSR count). The Bertz CT molecular complexity index is 501. The molecule has 1 aromatic rings. The van der Waals surface area contributed by atoms with Crippen LogP contribution in [0.15, 0.2) is 18.2 Å². The molecule has 0 fully saturated rings. The number of nitrogens with two attached hydrogens (primary N) is 1. The summed E-state index contributed by atoms with van der Waals surface area (Å²) in [5.41, 5.74) is 5.68. The Labute approximate surface area is 117 Å². The van der Waals surface area contributed by atoms with Gasteiger partial charge < -0.3 is 16.4 Å². The summed E-state index contributed by atoms with van der Waals surface area (Å²) in [6.45, 7) is 3.69. The number of halogens is 1. The Morgan fingerprint density at radius 2 is 2.00 bits per heavy atom. The van der Waals surface area contributed by atoms with Gasteiger partial charge in [0.2, 0.25) is 5.91 Å². The van der Waals surface area contributed by atoms with Gasteiger partial charge in [-0.1, -0.05) is 11.6 Å². The van der Waals surface area contributed by atoms with E-state index in [-0.39, 0.29) is 18.4 Å². The highest BCUT2D eigenvalue weighted by Crippen LogP contribution is 2.19. The van der Waals surface area contributed by atoms with Crippen molar-refractivity contribution in [3.63, 3.8) is 0 Å². The average molecular weight is 284 g/mol. The normalized spacial score (nSPS) is 10.9. The van der Waals surface area contributed by atoms with E-state index in [9.17, 15) is 9.59 Å². The van der Waals surface area contributed by atoms with Crippen molar-refractivity contribution in [2.75, 3.05) is 19.3 Å². The highest BCUT2D eigenvalue weighted by atomic mass is 35.5. The summed E-state index contributed by atoms with van der Waals surface area (Å²) >= 11 is 5.94. The Balaban J connectivity index is 2.76. The number of carbonyl (C=O) groups excluding carboxylic acids is 2. The van der Waals surface area contributed by atoms with E-state index in [1.54, 1.807) is 33.0 Å². The van der Waals surface area contributed by atoms with Gasteiger partial charge in [0.25, 0.3) is 5.91 Å². The number of anilines is 1. The molecule has 0 saturated carbocycles. The van der Waals surface area contributed by atoms with Crippen LogP contribution in [-0.2, 0) is 4.79 Å². The monoisotopic (exact) mass is 283 g/mol. The first-order valence-corrected chi connectivity index (χ1v) is 6.21. The maximum absolute atomic E-state index is 12.0. The molecule has 0 saturated heterocycles. The van der Waals surface area contributed by atoms with Crippen LogP contribution in [0.1, 0.15) is 24.2 Å². The lowest BCUT2D eigenvalue weighted by Crippen LogP contribution is -2.43. The first-order valence-electron chi connectivity index (χ1n) is 5.83. The second-order valence-electron chi connectivity index (χ2n) is 4.88. The molecule has 0 spiro atoms. The Kier molecular flexibility index (Phi) is 4.78. The van der Waals surface area contributed by atoms with E-state index in [0.29, 0.717) is 16.3 Å². The van der Waals surface area contributed by atoms with Gasteiger partial charge in [-0.25, -0.2) is 0 Å². The number of hydrogen-bond acceptors (Lipinski definition) is 3. The zero-order valence-electron chi connectivity index (χ0n) is 11.2. The third-order valence-corrected chi connectivity index (χ3v) is 3.10. The van der Waals surface area contributed by atoms with Crippen molar-refractivity contribution < 1.29 is 9.59 Å². The molecule has 0 atom stereocenters. The average Bonchev–Trinajstić information content (AvgIpc) is 2.37. The summed E-state index contributed by atoms with van der Waals surface area (Å²) in [4.78, 5) is 23.6. The number of benzene rings is 1. The molecule has 104 valence electrons. The van der Waals surface area contributed by atoms with E-state index in [4.69, 9.17) is 17.3 Å². The number of amides is 2. The number of nitrogens with one attached hydrogen (secondary N) is 2. The van der Waals surface area contributed by atoms with Crippen molar-refractivity contribution in [3.8, 4) is 0 Å². The van der Waals surface area contributed by atoms with Crippen LogP contribution in [0.4, 0.5) is 5.69 Å². The van der Waals surface area contributed by atoms with Crippen molar-refractivity contribution in [1.82, 2.24) is 10.6 Å². The summed E-state index contributed by atoms with van der Waals surface area (Å²) in [7, 11) is 1.56. The second-order valence-corrected chi connectivity index (χ2v) is 5.29. The molecule has 4 N–H and O–H groups in total. The second kappa shape index (κ2) is 5.93. The molecule has 0 aliphatic heterocycles. The smallest absolute Gasteiger partial charge is 0.252 e. The van der Waals surface area contributed by atoms with Crippen LogP contribution in [0.5, 0.6) is 0 Å². The molecule has 0 heterocycles. The van der Waals surface area contributed by atoms with Gasteiger partial charge in [-0.3, -0.25) is 9.59 Å². The van der Waals surface area contributed by atoms with Crippen LogP contribution < -0.4 is 16.4 Å². The van der Waals surface area contributed by atoms with E-state index in [1.807, 2.05) is 0 Å². The van der Waals surface area contributed by atoms with Crippen LogP contribution in [-0.4, -0.2) is 25.4 Å². The van der Waals surface area contributed by atoms with Crippen LogP contribution in [0.3, 0.4) is 0 Å². The Hall–Kier alpha value is -1.75. The number of carbonyl (C=O) groups is 2. The molecule has 0 aliphatic rings. The molecular formula is C13H18ClN3O2. The van der Waals surface area contributed by atoms with E-state index >= 15 is 0 Å². The molecule has 6 heteroatoms. The highest BCUT2D eigenvalue weighted by Gasteiger charge is 2.27. The lowest BCUT2D eigenvalue weighted by Gasteiger charge is -2.23. The molecule has 0 radical (unpaired) electrons. The predicted octanol–water partition coefficient (Wildman–Crippen LogP) is 1.42. The third-order valence-electron chi connectivity index (χ3n) is 2.77. The predicted molar refractivity (Wildman–Crippen MR) is 76.0 cm³/mol. The molecule has 2 amide bonds. The van der Waals surface area contributed by atoms with Crippen LogP contribution >= 0.6 is 11.6 Å². The van der Waals surface area contributed by atoms with Gasteiger partial charge >= 0.3 is 0 Å². The van der Waals surface area contributed by atoms with Crippen molar-refractivity contribution in [1.29, 1.82) is 0 Å². The molecular weight excluding hydrogens is 266 g/mol. The van der Waals surface area contributed by atoms with Gasteiger partial charge in [-0.15, -0.1) is 0 Å². The van der Waals surface area contributed by atoms with Gasteiger partial charge in [0.1, 0.15) is 0 Å². The summed E-state index contributed by atoms with van der Waals surface area (Å²) in [6.07, 6.45) is 0.